The molecule has 0 fully saturated rings. The second kappa shape index (κ2) is 4.76. The SMILES string of the molecule is NC(Cc1cc(F)cc(Br)c1)c1ncc[nH]1. The molecule has 2 rings (SSSR count). The van der Waals surface area contributed by atoms with Crippen molar-refractivity contribution in [1.29, 1.82) is 0 Å². The highest BCUT2D eigenvalue weighted by molar-refractivity contribution is 9.10. The molecule has 1 atom stereocenters. The molecule has 0 spiro atoms. The van der Waals surface area contributed by atoms with Crippen molar-refractivity contribution in [3.63, 3.8) is 0 Å². The highest BCUT2D eigenvalue weighted by Crippen LogP contribution is 2.18. The Morgan fingerprint density at radius 2 is 2.25 bits per heavy atom. The van der Waals surface area contributed by atoms with Crippen molar-refractivity contribution in [2.24, 2.45) is 5.73 Å². The summed E-state index contributed by atoms with van der Waals surface area (Å²) < 4.78 is 13.8. The van der Waals surface area contributed by atoms with Crippen LogP contribution in [0.2, 0.25) is 0 Å². The van der Waals surface area contributed by atoms with E-state index in [1.165, 1.54) is 12.1 Å². The molecule has 0 aliphatic carbocycles. The van der Waals surface area contributed by atoms with E-state index in [2.05, 4.69) is 25.9 Å². The topological polar surface area (TPSA) is 54.7 Å². The third-order valence-electron chi connectivity index (χ3n) is 2.25. The molecule has 16 heavy (non-hydrogen) atoms. The first-order valence-corrected chi connectivity index (χ1v) is 5.64. The van der Waals surface area contributed by atoms with Crippen LogP contribution in [0.4, 0.5) is 4.39 Å². The molecule has 1 aromatic heterocycles. The van der Waals surface area contributed by atoms with E-state index >= 15 is 0 Å². The van der Waals surface area contributed by atoms with E-state index in [9.17, 15) is 4.39 Å². The van der Waals surface area contributed by atoms with Gasteiger partial charge in [-0.3, -0.25) is 0 Å². The molecule has 1 aromatic carbocycles. The summed E-state index contributed by atoms with van der Waals surface area (Å²) in [6.45, 7) is 0. The Bertz CT molecular complexity index is 450. The highest BCUT2D eigenvalue weighted by Gasteiger charge is 2.10. The monoisotopic (exact) mass is 283 g/mol. The van der Waals surface area contributed by atoms with E-state index < -0.39 is 0 Å². The molecule has 0 radical (unpaired) electrons. The molecule has 0 amide bonds. The Morgan fingerprint density at radius 3 is 2.88 bits per heavy atom. The quantitative estimate of drug-likeness (QED) is 0.910. The summed E-state index contributed by atoms with van der Waals surface area (Å²) in [4.78, 5) is 7.02. The van der Waals surface area contributed by atoms with Gasteiger partial charge in [-0.25, -0.2) is 9.37 Å². The van der Waals surface area contributed by atoms with Gasteiger partial charge < -0.3 is 10.7 Å². The van der Waals surface area contributed by atoms with Crippen molar-refractivity contribution in [1.82, 2.24) is 9.97 Å². The Kier molecular flexibility index (Phi) is 3.36. The molecule has 1 heterocycles. The van der Waals surface area contributed by atoms with E-state index in [1.54, 1.807) is 12.4 Å². The number of nitrogens with two attached hydrogens (primary N) is 1. The fraction of sp³-hybridized carbons (Fsp3) is 0.182. The van der Waals surface area contributed by atoms with Crippen LogP contribution in [0.15, 0.2) is 35.1 Å². The van der Waals surface area contributed by atoms with Crippen LogP contribution in [0.1, 0.15) is 17.4 Å². The minimum Gasteiger partial charge on any atom is -0.347 e. The summed E-state index contributed by atoms with van der Waals surface area (Å²) in [5.41, 5.74) is 6.78. The molecular formula is C11H11BrFN3. The zero-order valence-corrected chi connectivity index (χ0v) is 10.0. The minimum absolute atomic E-state index is 0.247. The van der Waals surface area contributed by atoms with Gasteiger partial charge in [-0.05, 0) is 30.2 Å². The molecule has 0 bridgehead atoms. The van der Waals surface area contributed by atoms with E-state index in [1.807, 2.05) is 6.07 Å². The van der Waals surface area contributed by atoms with Crippen LogP contribution in [-0.4, -0.2) is 9.97 Å². The second-order valence-corrected chi connectivity index (χ2v) is 4.48. The van der Waals surface area contributed by atoms with E-state index in [4.69, 9.17) is 5.73 Å². The summed E-state index contributed by atoms with van der Waals surface area (Å²) in [7, 11) is 0. The average Bonchev–Trinajstić information content (AvgIpc) is 2.68. The first kappa shape index (κ1) is 11.3. The van der Waals surface area contributed by atoms with Crippen molar-refractivity contribution < 1.29 is 4.39 Å². The van der Waals surface area contributed by atoms with Crippen LogP contribution in [0, 0.1) is 5.82 Å². The number of H-pyrrole nitrogens is 1. The smallest absolute Gasteiger partial charge is 0.124 e. The molecule has 0 saturated heterocycles. The standard InChI is InChI=1S/C11H11BrFN3/c12-8-3-7(4-9(13)6-8)5-10(14)11-15-1-2-16-11/h1-4,6,10H,5,14H2,(H,15,16). The maximum atomic E-state index is 13.1. The molecule has 0 aliphatic rings. The third-order valence-corrected chi connectivity index (χ3v) is 2.71. The largest absolute Gasteiger partial charge is 0.347 e. The lowest BCUT2D eigenvalue weighted by Gasteiger charge is -2.09. The van der Waals surface area contributed by atoms with E-state index in [0.29, 0.717) is 16.7 Å². The van der Waals surface area contributed by atoms with Crippen molar-refractivity contribution in [3.05, 3.63) is 52.3 Å². The summed E-state index contributed by atoms with van der Waals surface area (Å²) in [6, 6.07) is 4.50. The second-order valence-electron chi connectivity index (χ2n) is 3.56. The zero-order chi connectivity index (χ0) is 11.5. The number of hydrogen-bond acceptors (Lipinski definition) is 2. The number of nitrogens with zero attached hydrogens (tertiary/aromatic N) is 1. The lowest BCUT2D eigenvalue weighted by atomic mass is 10.1. The molecule has 3 N–H and O–H groups in total. The van der Waals surface area contributed by atoms with Crippen LogP contribution in [-0.2, 0) is 6.42 Å². The molecule has 5 heteroatoms. The predicted molar refractivity (Wildman–Crippen MR) is 63.3 cm³/mol. The van der Waals surface area contributed by atoms with Gasteiger partial charge in [0.05, 0.1) is 6.04 Å². The maximum Gasteiger partial charge on any atom is 0.124 e. The molecule has 1 unspecified atom stereocenters. The van der Waals surface area contributed by atoms with Gasteiger partial charge in [0.2, 0.25) is 0 Å². The minimum atomic E-state index is -0.268. The van der Waals surface area contributed by atoms with Gasteiger partial charge in [0.15, 0.2) is 0 Å². The number of hydrogen-bond donors (Lipinski definition) is 2. The number of nitrogens with one attached hydrogen (secondary N) is 1. The normalized spacial score (nSPS) is 12.7. The number of aromatic amines is 1. The van der Waals surface area contributed by atoms with Gasteiger partial charge in [-0.1, -0.05) is 15.9 Å². The number of imidazole rings is 1. The summed E-state index contributed by atoms with van der Waals surface area (Å²) in [5.74, 6) is 0.441. The molecular weight excluding hydrogens is 273 g/mol. The maximum absolute atomic E-state index is 13.1. The number of benzene rings is 1. The highest BCUT2D eigenvalue weighted by atomic mass is 79.9. The van der Waals surface area contributed by atoms with Gasteiger partial charge in [-0.15, -0.1) is 0 Å². The predicted octanol–water partition coefficient (Wildman–Crippen LogP) is 2.55. The number of aromatic nitrogens is 2. The molecule has 3 nitrogen and oxygen atoms in total. The lowest BCUT2D eigenvalue weighted by molar-refractivity contribution is 0.618. The lowest BCUT2D eigenvalue weighted by Crippen LogP contribution is -2.15. The van der Waals surface area contributed by atoms with E-state index in [0.717, 1.165) is 5.56 Å². The average molecular weight is 284 g/mol. The van der Waals surface area contributed by atoms with Crippen molar-refractivity contribution >= 4 is 15.9 Å². The molecule has 0 saturated carbocycles. The van der Waals surface area contributed by atoms with Crippen LogP contribution < -0.4 is 5.73 Å². The third kappa shape index (κ3) is 2.68. The first-order valence-electron chi connectivity index (χ1n) is 4.85. The van der Waals surface area contributed by atoms with Crippen LogP contribution in [0.25, 0.3) is 0 Å². The van der Waals surface area contributed by atoms with Gasteiger partial charge >= 0.3 is 0 Å². The van der Waals surface area contributed by atoms with Crippen LogP contribution in [0.3, 0.4) is 0 Å². The van der Waals surface area contributed by atoms with Gasteiger partial charge in [0, 0.05) is 16.9 Å². The van der Waals surface area contributed by atoms with Gasteiger partial charge in [0.25, 0.3) is 0 Å². The van der Waals surface area contributed by atoms with Crippen molar-refractivity contribution in [2.75, 3.05) is 0 Å². The Balaban J connectivity index is 2.15. The van der Waals surface area contributed by atoms with Crippen molar-refractivity contribution in [2.45, 2.75) is 12.5 Å². The Labute approximate surface area is 101 Å². The summed E-state index contributed by atoms with van der Waals surface area (Å²) in [5, 5.41) is 0. The Morgan fingerprint density at radius 1 is 1.44 bits per heavy atom. The van der Waals surface area contributed by atoms with Crippen molar-refractivity contribution in [3.8, 4) is 0 Å². The first-order chi connectivity index (χ1) is 7.65. The molecule has 2 aromatic rings. The van der Waals surface area contributed by atoms with Gasteiger partial charge in [0.1, 0.15) is 11.6 Å². The fourth-order valence-electron chi connectivity index (χ4n) is 1.56. The van der Waals surface area contributed by atoms with E-state index in [-0.39, 0.29) is 11.9 Å². The van der Waals surface area contributed by atoms with Crippen LogP contribution >= 0.6 is 15.9 Å². The zero-order valence-electron chi connectivity index (χ0n) is 8.45. The molecule has 84 valence electrons. The van der Waals surface area contributed by atoms with Crippen LogP contribution in [0.5, 0.6) is 0 Å². The summed E-state index contributed by atoms with van der Waals surface area (Å²) in [6.07, 6.45) is 3.91. The Hall–Kier alpha value is -1.20. The fourth-order valence-corrected chi connectivity index (χ4v) is 2.07. The number of rotatable bonds is 3. The summed E-state index contributed by atoms with van der Waals surface area (Å²) >= 11 is 3.25. The molecule has 0 aliphatic heterocycles. The van der Waals surface area contributed by atoms with Gasteiger partial charge in [-0.2, -0.15) is 0 Å². The number of halogens is 2.